The summed E-state index contributed by atoms with van der Waals surface area (Å²) in [6, 6.07) is 28.8. The summed E-state index contributed by atoms with van der Waals surface area (Å²) in [6.45, 7) is 5.10. The Bertz CT molecular complexity index is 1170. The van der Waals surface area contributed by atoms with Crippen LogP contribution < -0.4 is 0 Å². The molecule has 0 atom stereocenters. The van der Waals surface area contributed by atoms with E-state index in [0.717, 1.165) is 22.4 Å². The summed E-state index contributed by atoms with van der Waals surface area (Å²) in [5.41, 5.74) is 7.17. The largest absolute Gasteiger partial charge is 0.329 e. The van der Waals surface area contributed by atoms with Crippen LogP contribution in [-0.2, 0) is 20.1 Å². The Balaban J connectivity index is 1.66. The fourth-order valence-electron chi connectivity index (χ4n) is 3.72. The second-order valence-corrected chi connectivity index (χ2v) is 7.95. The SMILES string of the molecule is Cc1ccccc1CN(Cc1cccc(-c2ccccc2)c1)C(=O)c1cc(C)n(C)n1. The summed E-state index contributed by atoms with van der Waals surface area (Å²) in [7, 11) is 1.86. The van der Waals surface area contributed by atoms with Crippen LogP contribution in [0, 0.1) is 13.8 Å². The lowest BCUT2D eigenvalue weighted by atomic mass is 10.0. The molecule has 0 N–H and O–H groups in total. The van der Waals surface area contributed by atoms with Gasteiger partial charge in [-0.3, -0.25) is 9.48 Å². The van der Waals surface area contributed by atoms with Crippen molar-refractivity contribution in [2.45, 2.75) is 26.9 Å². The molecule has 156 valence electrons. The molecule has 4 heteroatoms. The van der Waals surface area contributed by atoms with Crippen LogP contribution in [0.5, 0.6) is 0 Å². The topological polar surface area (TPSA) is 38.1 Å². The number of carbonyl (C=O) groups excluding carboxylic acids is 1. The third-order valence-electron chi connectivity index (χ3n) is 5.65. The van der Waals surface area contributed by atoms with E-state index < -0.39 is 0 Å². The number of hydrogen-bond donors (Lipinski definition) is 0. The van der Waals surface area contributed by atoms with E-state index in [9.17, 15) is 4.79 Å². The van der Waals surface area contributed by atoms with Crippen LogP contribution in [-0.4, -0.2) is 20.6 Å². The number of amides is 1. The van der Waals surface area contributed by atoms with Crippen LogP contribution in [0.1, 0.15) is 32.9 Å². The highest BCUT2D eigenvalue weighted by atomic mass is 16.2. The molecule has 4 nitrogen and oxygen atoms in total. The first-order valence-electron chi connectivity index (χ1n) is 10.5. The molecule has 0 aliphatic heterocycles. The molecule has 3 aromatic carbocycles. The molecule has 0 radical (unpaired) electrons. The maximum atomic E-state index is 13.4. The average molecular weight is 410 g/mol. The van der Waals surface area contributed by atoms with Gasteiger partial charge in [0.1, 0.15) is 0 Å². The molecule has 0 unspecified atom stereocenters. The number of hydrogen-bond acceptors (Lipinski definition) is 2. The average Bonchev–Trinajstić information content (AvgIpc) is 3.13. The van der Waals surface area contributed by atoms with E-state index >= 15 is 0 Å². The van der Waals surface area contributed by atoms with Gasteiger partial charge in [0.2, 0.25) is 0 Å². The van der Waals surface area contributed by atoms with Crippen LogP contribution in [0.4, 0.5) is 0 Å². The molecule has 0 saturated carbocycles. The van der Waals surface area contributed by atoms with Crippen molar-refractivity contribution in [2.24, 2.45) is 7.05 Å². The molecule has 0 saturated heterocycles. The van der Waals surface area contributed by atoms with Crippen LogP contribution >= 0.6 is 0 Å². The van der Waals surface area contributed by atoms with Crippen LogP contribution in [0.3, 0.4) is 0 Å². The highest BCUT2D eigenvalue weighted by Crippen LogP contribution is 2.22. The number of benzene rings is 3. The molecule has 0 aliphatic carbocycles. The predicted molar refractivity (Wildman–Crippen MR) is 125 cm³/mol. The molecule has 0 aliphatic rings. The second kappa shape index (κ2) is 9.00. The summed E-state index contributed by atoms with van der Waals surface area (Å²) in [6.07, 6.45) is 0. The third-order valence-corrected chi connectivity index (χ3v) is 5.65. The van der Waals surface area contributed by atoms with Gasteiger partial charge in [-0.2, -0.15) is 5.10 Å². The number of nitrogens with zero attached hydrogens (tertiary/aromatic N) is 3. The maximum absolute atomic E-state index is 13.4. The zero-order valence-corrected chi connectivity index (χ0v) is 18.2. The van der Waals surface area contributed by atoms with E-state index in [-0.39, 0.29) is 5.91 Å². The quantitative estimate of drug-likeness (QED) is 0.419. The minimum absolute atomic E-state index is 0.0583. The summed E-state index contributed by atoms with van der Waals surface area (Å²) >= 11 is 0. The van der Waals surface area contributed by atoms with Gasteiger partial charge in [-0.25, -0.2) is 0 Å². The van der Waals surface area contributed by atoms with E-state index in [1.165, 1.54) is 11.1 Å². The first-order valence-corrected chi connectivity index (χ1v) is 10.5. The molecule has 0 fully saturated rings. The summed E-state index contributed by atoms with van der Waals surface area (Å²) < 4.78 is 1.75. The maximum Gasteiger partial charge on any atom is 0.274 e. The lowest BCUT2D eigenvalue weighted by Gasteiger charge is -2.23. The summed E-state index contributed by atoms with van der Waals surface area (Å²) in [5.74, 6) is -0.0583. The van der Waals surface area contributed by atoms with E-state index in [4.69, 9.17) is 0 Å². The first-order chi connectivity index (χ1) is 15.0. The van der Waals surface area contributed by atoms with Gasteiger partial charge in [-0.05, 0) is 53.8 Å². The van der Waals surface area contributed by atoms with Crippen molar-refractivity contribution in [1.29, 1.82) is 0 Å². The van der Waals surface area contributed by atoms with Gasteiger partial charge in [-0.1, -0.05) is 72.8 Å². The molecular weight excluding hydrogens is 382 g/mol. The Kier molecular flexibility index (Phi) is 5.99. The van der Waals surface area contributed by atoms with Gasteiger partial charge in [0.25, 0.3) is 5.91 Å². The number of aromatic nitrogens is 2. The Morgan fingerprint density at radius 2 is 1.55 bits per heavy atom. The third kappa shape index (κ3) is 4.75. The lowest BCUT2D eigenvalue weighted by Crippen LogP contribution is -2.30. The Morgan fingerprint density at radius 1 is 0.839 bits per heavy atom. The van der Waals surface area contributed by atoms with Crippen LogP contribution in [0.15, 0.2) is 84.9 Å². The molecule has 1 amide bonds. The fourth-order valence-corrected chi connectivity index (χ4v) is 3.72. The fraction of sp³-hybridized carbons (Fsp3) is 0.185. The number of rotatable bonds is 6. The minimum atomic E-state index is -0.0583. The van der Waals surface area contributed by atoms with Crippen molar-refractivity contribution in [3.8, 4) is 11.1 Å². The minimum Gasteiger partial charge on any atom is -0.329 e. The van der Waals surface area contributed by atoms with Crippen molar-refractivity contribution >= 4 is 5.91 Å². The van der Waals surface area contributed by atoms with Gasteiger partial charge in [0, 0.05) is 25.8 Å². The Morgan fingerprint density at radius 3 is 2.26 bits per heavy atom. The van der Waals surface area contributed by atoms with Gasteiger partial charge in [0.15, 0.2) is 5.69 Å². The zero-order valence-electron chi connectivity index (χ0n) is 18.2. The molecule has 31 heavy (non-hydrogen) atoms. The van der Waals surface area contributed by atoms with E-state index in [0.29, 0.717) is 18.8 Å². The zero-order chi connectivity index (χ0) is 21.8. The van der Waals surface area contributed by atoms with E-state index in [2.05, 4.69) is 60.6 Å². The molecule has 4 rings (SSSR count). The Labute approximate surface area is 183 Å². The lowest BCUT2D eigenvalue weighted by molar-refractivity contribution is 0.0723. The smallest absolute Gasteiger partial charge is 0.274 e. The summed E-state index contributed by atoms with van der Waals surface area (Å²) in [4.78, 5) is 15.3. The standard InChI is InChI=1S/C27H27N3O/c1-20-10-7-8-14-25(20)19-30(27(31)26-16-21(2)29(3)28-26)18-22-11-9-15-24(17-22)23-12-5-4-6-13-23/h4-17H,18-19H2,1-3H3. The highest BCUT2D eigenvalue weighted by Gasteiger charge is 2.20. The van der Waals surface area contributed by atoms with Crippen molar-refractivity contribution in [1.82, 2.24) is 14.7 Å². The van der Waals surface area contributed by atoms with Crippen LogP contribution in [0.2, 0.25) is 0 Å². The molecule has 1 aromatic heterocycles. The highest BCUT2D eigenvalue weighted by molar-refractivity contribution is 5.92. The van der Waals surface area contributed by atoms with Crippen molar-refractivity contribution < 1.29 is 4.79 Å². The van der Waals surface area contributed by atoms with E-state index in [1.54, 1.807) is 4.68 Å². The van der Waals surface area contributed by atoms with E-state index in [1.807, 2.05) is 55.3 Å². The molecular formula is C27H27N3O. The second-order valence-electron chi connectivity index (χ2n) is 7.95. The molecule has 4 aromatic rings. The van der Waals surface area contributed by atoms with Gasteiger partial charge in [0.05, 0.1) is 0 Å². The molecule has 0 spiro atoms. The van der Waals surface area contributed by atoms with Crippen molar-refractivity contribution in [3.63, 3.8) is 0 Å². The summed E-state index contributed by atoms with van der Waals surface area (Å²) in [5, 5.41) is 4.43. The first kappa shape index (κ1) is 20.6. The normalized spacial score (nSPS) is 10.8. The predicted octanol–water partition coefficient (Wildman–Crippen LogP) is 5.55. The number of aryl methyl sites for hydroxylation is 3. The molecule has 0 bridgehead atoms. The molecule has 1 heterocycles. The Hall–Kier alpha value is -3.66. The van der Waals surface area contributed by atoms with Gasteiger partial charge >= 0.3 is 0 Å². The van der Waals surface area contributed by atoms with Gasteiger partial charge < -0.3 is 4.90 Å². The van der Waals surface area contributed by atoms with Gasteiger partial charge in [-0.15, -0.1) is 0 Å². The number of carbonyl (C=O) groups is 1. The van der Waals surface area contributed by atoms with Crippen molar-refractivity contribution in [3.05, 3.63) is 113 Å². The van der Waals surface area contributed by atoms with Crippen LogP contribution in [0.25, 0.3) is 11.1 Å². The monoisotopic (exact) mass is 409 g/mol. The van der Waals surface area contributed by atoms with Crippen molar-refractivity contribution in [2.75, 3.05) is 0 Å².